The molecule has 0 saturated carbocycles. The Hall–Kier alpha value is -4.02. The maximum Gasteiger partial charge on any atom is 0.412 e. The highest BCUT2D eigenvalue weighted by atomic mass is 19.1. The predicted molar refractivity (Wildman–Crippen MR) is 171 cm³/mol. The van der Waals surface area contributed by atoms with Crippen molar-refractivity contribution in [1.29, 1.82) is 0 Å². The van der Waals surface area contributed by atoms with Crippen molar-refractivity contribution in [3.05, 3.63) is 53.3 Å². The number of carbonyl (C=O) groups is 3. The van der Waals surface area contributed by atoms with Crippen LogP contribution in [0.2, 0.25) is 0 Å². The zero-order valence-electron chi connectivity index (χ0n) is 28.0. The molecule has 0 saturated heterocycles. The molecule has 1 heterocycles. The summed E-state index contributed by atoms with van der Waals surface area (Å²) >= 11 is 0. The first-order valence-electron chi connectivity index (χ1n) is 15.2. The van der Waals surface area contributed by atoms with E-state index in [2.05, 4.69) is 5.32 Å². The summed E-state index contributed by atoms with van der Waals surface area (Å²) in [6, 6.07) is 9.93. The normalized spacial score (nSPS) is 14.9. The molecule has 2 aromatic rings. The van der Waals surface area contributed by atoms with Crippen molar-refractivity contribution < 1.29 is 38.1 Å². The Bertz CT molecular complexity index is 1360. The summed E-state index contributed by atoms with van der Waals surface area (Å²) in [6.45, 7) is 16.7. The van der Waals surface area contributed by atoms with Crippen LogP contribution in [0.3, 0.4) is 0 Å². The number of carbonyl (C=O) groups excluding carboxylic acids is 2. The number of hydrogen-bond donors (Lipinski definition) is 2. The van der Waals surface area contributed by atoms with Gasteiger partial charge in [-0.3, -0.25) is 9.69 Å². The summed E-state index contributed by atoms with van der Waals surface area (Å²) in [6.07, 6.45) is -1.21. The van der Waals surface area contributed by atoms with Crippen LogP contribution in [0.25, 0.3) is 0 Å². The van der Waals surface area contributed by atoms with Gasteiger partial charge >= 0.3 is 18.2 Å². The molecule has 2 amide bonds. The lowest BCUT2D eigenvalue weighted by molar-refractivity contribution is -0.152. The van der Waals surface area contributed by atoms with Gasteiger partial charge in [-0.25, -0.2) is 14.0 Å². The number of esters is 1. The number of fused-ring (bicyclic) bond motifs is 1. The van der Waals surface area contributed by atoms with Gasteiger partial charge in [0.05, 0.1) is 11.7 Å². The smallest absolute Gasteiger partial charge is 0.412 e. The van der Waals surface area contributed by atoms with Crippen molar-refractivity contribution in [1.82, 2.24) is 4.90 Å². The summed E-state index contributed by atoms with van der Waals surface area (Å²) < 4.78 is 33.4. The molecule has 0 fully saturated rings. The fraction of sp³-hybridized carbons (Fsp3) is 0.559. The van der Waals surface area contributed by atoms with Gasteiger partial charge < -0.3 is 29.5 Å². The van der Waals surface area contributed by atoms with Gasteiger partial charge in [0.2, 0.25) is 0 Å². The molecule has 0 aliphatic carbocycles. The number of anilines is 2. The molecule has 2 aromatic carbocycles. The van der Waals surface area contributed by atoms with Gasteiger partial charge in [-0.1, -0.05) is 51.1 Å². The Morgan fingerprint density at radius 3 is 2.18 bits per heavy atom. The van der Waals surface area contributed by atoms with E-state index in [1.54, 1.807) is 41.5 Å². The van der Waals surface area contributed by atoms with E-state index in [9.17, 15) is 19.5 Å². The Morgan fingerprint density at radius 2 is 1.62 bits per heavy atom. The zero-order valence-corrected chi connectivity index (χ0v) is 28.0. The summed E-state index contributed by atoms with van der Waals surface area (Å²) in [5.41, 5.74) is -0.582. The number of ether oxygens (including phenoxy) is 3. The summed E-state index contributed by atoms with van der Waals surface area (Å²) in [4.78, 5) is 41.0. The number of hydrogen-bond acceptors (Lipinski definition) is 7. The molecule has 3 rings (SSSR count). The van der Waals surface area contributed by atoms with Crippen LogP contribution >= 0.6 is 0 Å². The van der Waals surface area contributed by atoms with Crippen molar-refractivity contribution in [2.24, 2.45) is 5.41 Å². The van der Waals surface area contributed by atoms with E-state index in [1.807, 2.05) is 51.1 Å². The molecular weight excluding hydrogens is 581 g/mol. The van der Waals surface area contributed by atoms with Crippen LogP contribution in [-0.2, 0) is 27.3 Å². The maximum atomic E-state index is 16.4. The van der Waals surface area contributed by atoms with Crippen LogP contribution < -0.4 is 15.0 Å². The van der Waals surface area contributed by atoms with Gasteiger partial charge in [0.1, 0.15) is 35.8 Å². The predicted octanol–water partition coefficient (Wildman–Crippen LogP) is 7.24. The van der Waals surface area contributed by atoms with Gasteiger partial charge in [-0.15, -0.1) is 0 Å². The Morgan fingerprint density at radius 1 is 1.00 bits per heavy atom. The lowest BCUT2D eigenvalue weighted by Crippen LogP contribution is -2.48. The first-order valence-corrected chi connectivity index (χ1v) is 15.2. The monoisotopic (exact) mass is 629 g/mol. The molecular formula is C34H48FN3O7. The molecule has 1 aliphatic rings. The number of amides is 2. The van der Waals surface area contributed by atoms with Gasteiger partial charge in [-0.05, 0) is 58.9 Å². The highest BCUT2D eigenvalue weighted by Gasteiger charge is 2.40. The van der Waals surface area contributed by atoms with Crippen molar-refractivity contribution in [3.8, 4) is 5.75 Å². The molecule has 2 N–H and O–H groups in total. The second kappa shape index (κ2) is 14.0. The topological polar surface area (TPSA) is 118 Å². The first-order chi connectivity index (χ1) is 20.7. The lowest BCUT2D eigenvalue weighted by atomic mass is 9.92. The van der Waals surface area contributed by atoms with E-state index in [0.717, 1.165) is 10.5 Å². The molecule has 0 aromatic heterocycles. The minimum atomic E-state index is -1.29. The minimum absolute atomic E-state index is 0.00235. The van der Waals surface area contributed by atoms with Gasteiger partial charge in [0.15, 0.2) is 5.82 Å². The number of rotatable bonds is 10. The molecule has 0 unspecified atom stereocenters. The zero-order chi connectivity index (χ0) is 33.7. The summed E-state index contributed by atoms with van der Waals surface area (Å²) in [5.74, 6) is -1.28. The number of halogens is 1. The van der Waals surface area contributed by atoms with Crippen LogP contribution in [0.4, 0.5) is 25.4 Å². The maximum absolute atomic E-state index is 16.4. The molecule has 10 nitrogen and oxygen atoms in total. The number of benzene rings is 2. The van der Waals surface area contributed by atoms with E-state index >= 15 is 4.39 Å². The van der Waals surface area contributed by atoms with E-state index < -0.39 is 41.2 Å². The largest absolute Gasteiger partial charge is 0.487 e. The van der Waals surface area contributed by atoms with E-state index in [0.29, 0.717) is 13.0 Å². The average Bonchev–Trinajstić information content (AvgIpc) is 3.26. The summed E-state index contributed by atoms with van der Waals surface area (Å²) in [7, 11) is 0. The molecule has 11 heteroatoms. The fourth-order valence-electron chi connectivity index (χ4n) is 4.85. The van der Waals surface area contributed by atoms with E-state index in [4.69, 9.17) is 14.2 Å². The van der Waals surface area contributed by atoms with Crippen molar-refractivity contribution >= 4 is 29.5 Å². The van der Waals surface area contributed by atoms with Crippen molar-refractivity contribution in [2.45, 2.75) is 99.0 Å². The van der Waals surface area contributed by atoms with Crippen LogP contribution in [0.1, 0.15) is 79.9 Å². The van der Waals surface area contributed by atoms with Gasteiger partial charge in [0, 0.05) is 31.1 Å². The molecule has 248 valence electrons. The Kier molecular flexibility index (Phi) is 11.0. The Balaban J connectivity index is 1.99. The highest BCUT2D eigenvalue weighted by Crippen LogP contribution is 2.43. The second-order valence-electron chi connectivity index (χ2n) is 14.5. The number of nitrogens with one attached hydrogen (secondary N) is 1. The van der Waals surface area contributed by atoms with Crippen molar-refractivity contribution in [2.75, 3.05) is 29.9 Å². The molecule has 0 spiro atoms. The third kappa shape index (κ3) is 10.5. The van der Waals surface area contributed by atoms with Crippen LogP contribution in [0, 0.1) is 11.2 Å². The standard InChI is InChI=1S/C34H48FN3O7/c1-32(2,3)15-16-37(31(42)45-34(7,8)9)20-23-17-24-25(38(23)30(40)41)18-26(43-21-22-13-11-10-12-14-22)29(28(24)35)36-19-27(39)44-33(4,5)6/h10-14,18,23,36H,15-17,19-21H2,1-9H3,(H,40,41)/t23-/m1/s1. The third-order valence-corrected chi connectivity index (χ3v) is 6.86. The molecule has 1 aliphatic heterocycles. The van der Waals surface area contributed by atoms with Gasteiger partial charge in [0.25, 0.3) is 0 Å². The molecule has 1 atom stereocenters. The second-order valence-corrected chi connectivity index (χ2v) is 14.5. The van der Waals surface area contributed by atoms with Gasteiger partial charge in [-0.2, -0.15) is 0 Å². The number of nitrogens with zero attached hydrogens (tertiary/aromatic N) is 2. The first kappa shape index (κ1) is 35.5. The molecule has 45 heavy (non-hydrogen) atoms. The summed E-state index contributed by atoms with van der Waals surface area (Å²) in [5, 5.41) is 13.1. The minimum Gasteiger partial charge on any atom is -0.487 e. The molecule has 0 radical (unpaired) electrons. The average molecular weight is 630 g/mol. The van der Waals surface area contributed by atoms with Crippen LogP contribution in [-0.4, -0.2) is 65.0 Å². The molecule has 0 bridgehead atoms. The SMILES string of the molecule is CC(C)(C)CCN(C[C@H]1Cc2c(cc(OCc3ccccc3)c(NCC(=O)OC(C)(C)C)c2F)N1C(=O)O)C(=O)OC(C)(C)C. The number of carboxylic acid groups (broad SMARTS) is 1. The highest BCUT2D eigenvalue weighted by molar-refractivity contribution is 5.92. The van der Waals surface area contributed by atoms with Crippen LogP contribution in [0.5, 0.6) is 5.75 Å². The quantitative estimate of drug-likeness (QED) is 0.264. The third-order valence-electron chi connectivity index (χ3n) is 6.86. The van der Waals surface area contributed by atoms with E-state index in [1.165, 1.54) is 11.0 Å². The van der Waals surface area contributed by atoms with E-state index in [-0.39, 0.29) is 54.2 Å². The fourth-order valence-corrected chi connectivity index (χ4v) is 4.85. The Labute approximate surface area is 265 Å². The van der Waals surface area contributed by atoms with Crippen molar-refractivity contribution in [3.63, 3.8) is 0 Å². The van der Waals surface area contributed by atoms with Crippen LogP contribution in [0.15, 0.2) is 36.4 Å². The lowest BCUT2D eigenvalue weighted by Gasteiger charge is -2.33.